The normalized spacial score (nSPS) is 26.9. The van der Waals surface area contributed by atoms with Gasteiger partial charge in [0.2, 0.25) is 0 Å². The van der Waals surface area contributed by atoms with Gasteiger partial charge in [-0.05, 0) is 84.0 Å². The highest BCUT2D eigenvalue weighted by Gasteiger charge is 2.42. The number of nitrogens with one attached hydrogen (secondary N) is 1. The zero-order valence-corrected chi connectivity index (χ0v) is 21.0. The Kier molecular flexibility index (Phi) is 6.32. The van der Waals surface area contributed by atoms with E-state index in [9.17, 15) is 4.79 Å². The van der Waals surface area contributed by atoms with Gasteiger partial charge >= 0.3 is 6.09 Å². The Bertz CT molecular complexity index is 1020. The predicted octanol–water partition coefficient (Wildman–Crippen LogP) is 5.83. The van der Waals surface area contributed by atoms with Crippen molar-refractivity contribution in [1.29, 1.82) is 0 Å². The molecule has 5 heteroatoms. The van der Waals surface area contributed by atoms with Gasteiger partial charge in [-0.15, -0.1) is 0 Å². The lowest BCUT2D eigenvalue weighted by molar-refractivity contribution is -0.0348. The minimum Gasteiger partial charge on any atom is -0.493 e. The van der Waals surface area contributed by atoms with Crippen LogP contribution < -0.4 is 10.1 Å². The number of nitrogens with zero attached hydrogens (tertiary/aromatic N) is 1. The molecule has 3 saturated heterocycles. The Morgan fingerprint density at radius 2 is 1.79 bits per heavy atom. The lowest BCUT2D eigenvalue weighted by Crippen LogP contribution is -2.53. The number of benzene rings is 2. The van der Waals surface area contributed by atoms with Crippen LogP contribution in [0.4, 0.5) is 4.79 Å². The SMILES string of the molecule is CC(C)COc1ccc(-c2ccc3c(c2)CC(C)(C)C3NC(=O)O[C@H]2CN3CCC2CC3)cc1. The summed E-state index contributed by atoms with van der Waals surface area (Å²) in [5.74, 6) is 1.93. The van der Waals surface area contributed by atoms with Gasteiger partial charge < -0.3 is 14.8 Å². The number of rotatable bonds is 6. The van der Waals surface area contributed by atoms with Crippen LogP contribution >= 0.6 is 0 Å². The predicted molar refractivity (Wildman–Crippen MR) is 135 cm³/mol. The van der Waals surface area contributed by atoms with Crippen molar-refractivity contribution in [2.24, 2.45) is 17.3 Å². The fraction of sp³-hybridized carbons (Fsp3) is 0.552. The second-order valence-corrected chi connectivity index (χ2v) is 11.5. The van der Waals surface area contributed by atoms with E-state index in [1.807, 2.05) is 12.1 Å². The van der Waals surface area contributed by atoms with Crippen LogP contribution in [-0.2, 0) is 11.2 Å². The quantitative estimate of drug-likeness (QED) is 0.587. The van der Waals surface area contributed by atoms with Crippen molar-refractivity contribution in [3.05, 3.63) is 53.6 Å². The summed E-state index contributed by atoms with van der Waals surface area (Å²) in [6.07, 6.45) is 2.97. The molecule has 2 aromatic carbocycles. The second kappa shape index (κ2) is 9.26. The molecule has 34 heavy (non-hydrogen) atoms. The fourth-order valence-electron chi connectivity index (χ4n) is 5.85. The zero-order chi connectivity index (χ0) is 23.9. The van der Waals surface area contributed by atoms with Gasteiger partial charge in [0.1, 0.15) is 11.9 Å². The van der Waals surface area contributed by atoms with Crippen molar-refractivity contribution in [2.45, 2.75) is 59.1 Å². The highest BCUT2D eigenvalue weighted by atomic mass is 16.6. The van der Waals surface area contributed by atoms with Crippen LogP contribution in [0.3, 0.4) is 0 Å². The van der Waals surface area contributed by atoms with E-state index in [0.717, 1.165) is 51.3 Å². The van der Waals surface area contributed by atoms with Gasteiger partial charge in [-0.1, -0.05) is 58.0 Å². The standard InChI is InChI=1S/C29H38N2O3/c1-19(2)18-33-24-8-5-20(6-9-24)22-7-10-25-23(15-22)16-29(3,4)27(25)30-28(32)34-26-17-31-13-11-21(26)12-14-31/h5-10,15,19,21,26-27H,11-14,16-18H2,1-4H3,(H,30,32)/t26-,27?/m0/s1. The number of hydrogen-bond acceptors (Lipinski definition) is 4. The summed E-state index contributed by atoms with van der Waals surface area (Å²) in [4.78, 5) is 15.3. The number of piperidine rings is 3. The van der Waals surface area contributed by atoms with Gasteiger partial charge in [0.15, 0.2) is 0 Å². The van der Waals surface area contributed by atoms with Gasteiger partial charge in [0.25, 0.3) is 0 Å². The summed E-state index contributed by atoms with van der Waals surface area (Å²) >= 11 is 0. The Morgan fingerprint density at radius 1 is 1.09 bits per heavy atom. The Balaban J connectivity index is 1.27. The summed E-state index contributed by atoms with van der Waals surface area (Å²) in [6, 6.07) is 14.9. The minimum absolute atomic E-state index is 0.0290. The van der Waals surface area contributed by atoms with E-state index in [2.05, 4.69) is 68.2 Å². The van der Waals surface area contributed by atoms with Crippen molar-refractivity contribution in [3.8, 4) is 16.9 Å². The fourth-order valence-corrected chi connectivity index (χ4v) is 5.85. The summed E-state index contributed by atoms with van der Waals surface area (Å²) in [7, 11) is 0. The van der Waals surface area contributed by atoms with Crippen molar-refractivity contribution in [1.82, 2.24) is 10.2 Å². The van der Waals surface area contributed by atoms with Crippen LogP contribution in [-0.4, -0.2) is 43.3 Å². The first-order chi connectivity index (χ1) is 16.3. The molecule has 1 N–H and O–H groups in total. The molecular weight excluding hydrogens is 424 g/mol. The van der Waals surface area contributed by atoms with Crippen molar-refractivity contribution in [3.63, 3.8) is 0 Å². The molecule has 0 aromatic heterocycles. The van der Waals surface area contributed by atoms with E-state index in [1.165, 1.54) is 22.3 Å². The molecule has 4 aliphatic rings. The average molecular weight is 463 g/mol. The number of carbonyl (C=O) groups is 1. The van der Waals surface area contributed by atoms with Crippen LogP contribution in [0.2, 0.25) is 0 Å². The van der Waals surface area contributed by atoms with E-state index in [4.69, 9.17) is 9.47 Å². The molecule has 182 valence electrons. The van der Waals surface area contributed by atoms with Gasteiger partial charge in [0, 0.05) is 6.54 Å². The molecule has 5 nitrogen and oxygen atoms in total. The Morgan fingerprint density at radius 3 is 2.44 bits per heavy atom. The molecule has 0 saturated carbocycles. The zero-order valence-electron chi connectivity index (χ0n) is 21.0. The molecule has 1 aliphatic carbocycles. The van der Waals surface area contributed by atoms with E-state index in [-0.39, 0.29) is 23.7 Å². The van der Waals surface area contributed by atoms with Crippen LogP contribution in [0.25, 0.3) is 11.1 Å². The molecule has 3 heterocycles. The number of amides is 1. The van der Waals surface area contributed by atoms with Crippen molar-refractivity contribution < 1.29 is 14.3 Å². The maximum Gasteiger partial charge on any atom is 0.407 e. The number of fused-ring (bicyclic) bond motifs is 4. The number of ether oxygens (including phenoxy) is 2. The second-order valence-electron chi connectivity index (χ2n) is 11.5. The van der Waals surface area contributed by atoms with E-state index in [0.29, 0.717) is 11.8 Å². The van der Waals surface area contributed by atoms with Crippen LogP contribution in [0.15, 0.2) is 42.5 Å². The van der Waals surface area contributed by atoms with Gasteiger partial charge in [0.05, 0.1) is 12.6 Å². The number of hydrogen-bond donors (Lipinski definition) is 1. The lowest BCUT2D eigenvalue weighted by atomic mass is 9.85. The molecule has 6 rings (SSSR count). The highest BCUT2D eigenvalue weighted by Crippen LogP contribution is 2.46. The summed E-state index contributed by atoms with van der Waals surface area (Å²) in [5, 5.41) is 3.23. The molecule has 1 amide bonds. The van der Waals surface area contributed by atoms with Gasteiger partial charge in [-0.2, -0.15) is 0 Å². The first-order valence-electron chi connectivity index (χ1n) is 12.8. The molecular formula is C29H38N2O3. The molecule has 3 aliphatic heterocycles. The van der Waals surface area contributed by atoms with Gasteiger partial charge in [-0.25, -0.2) is 4.79 Å². The average Bonchev–Trinajstić information content (AvgIpc) is 3.07. The summed E-state index contributed by atoms with van der Waals surface area (Å²) < 4.78 is 11.8. The highest BCUT2D eigenvalue weighted by molar-refractivity contribution is 5.70. The minimum atomic E-state index is -0.272. The molecule has 2 atom stereocenters. The largest absolute Gasteiger partial charge is 0.493 e. The van der Waals surface area contributed by atoms with E-state index in [1.54, 1.807) is 0 Å². The van der Waals surface area contributed by atoms with Gasteiger partial charge in [-0.3, -0.25) is 4.90 Å². The van der Waals surface area contributed by atoms with E-state index < -0.39 is 0 Å². The molecule has 2 aromatic rings. The lowest BCUT2D eigenvalue weighted by Gasteiger charge is -2.44. The molecule has 3 fully saturated rings. The van der Waals surface area contributed by atoms with Crippen molar-refractivity contribution in [2.75, 3.05) is 26.2 Å². The van der Waals surface area contributed by atoms with Crippen LogP contribution in [0.5, 0.6) is 5.75 Å². The molecule has 2 bridgehead atoms. The topological polar surface area (TPSA) is 50.8 Å². The Hall–Kier alpha value is -2.53. The third kappa shape index (κ3) is 4.81. The molecule has 1 unspecified atom stereocenters. The first kappa shape index (κ1) is 23.2. The monoisotopic (exact) mass is 462 g/mol. The first-order valence-corrected chi connectivity index (χ1v) is 12.8. The van der Waals surface area contributed by atoms with Crippen LogP contribution in [0, 0.1) is 17.3 Å². The maximum atomic E-state index is 12.9. The summed E-state index contributed by atoms with van der Waals surface area (Å²) in [6.45, 7) is 12.7. The molecule has 0 spiro atoms. The van der Waals surface area contributed by atoms with E-state index >= 15 is 0 Å². The smallest absolute Gasteiger partial charge is 0.407 e. The third-order valence-corrected chi connectivity index (χ3v) is 7.77. The number of alkyl carbamates (subject to hydrolysis) is 1. The maximum absolute atomic E-state index is 12.9. The van der Waals surface area contributed by atoms with Crippen LogP contribution in [0.1, 0.15) is 57.7 Å². The molecule has 0 radical (unpaired) electrons. The van der Waals surface area contributed by atoms with Crippen molar-refractivity contribution >= 4 is 6.09 Å². The Labute approximate surface area is 203 Å². The summed E-state index contributed by atoms with van der Waals surface area (Å²) in [5.41, 5.74) is 4.81. The third-order valence-electron chi connectivity index (χ3n) is 7.77. The number of carbonyl (C=O) groups excluding carboxylic acids is 1.